The van der Waals surface area contributed by atoms with Crippen molar-refractivity contribution < 1.29 is 14.3 Å². The molecule has 2 N–H and O–H groups in total. The molecular formula is C22H36ClN3O3. The summed E-state index contributed by atoms with van der Waals surface area (Å²) in [6.07, 6.45) is 1.56. The molecule has 1 fully saturated rings. The molecule has 1 aromatic rings. The standard InChI is InChI=1S/C22H36ClN3O3/c1-16(15-28-5)24-14-20(17-7-6-8-18(23)13-17)25-19-9-11-26(12-10-19)21(27)29-22(2,3)4/h6-8,13,16,19-20,24-25H,9-12,14-15H2,1-5H3. The van der Waals surface area contributed by atoms with E-state index in [4.69, 9.17) is 21.1 Å². The Balaban J connectivity index is 1.94. The van der Waals surface area contributed by atoms with Crippen molar-refractivity contribution in [1.29, 1.82) is 0 Å². The lowest BCUT2D eigenvalue weighted by atomic mass is 10.0. The molecule has 6 nitrogen and oxygen atoms in total. The van der Waals surface area contributed by atoms with E-state index < -0.39 is 5.60 Å². The number of rotatable bonds is 8. The van der Waals surface area contributed by atoms with E-state index in [1.165, 1.54) is 0 Å². The average molecular weight is 426 g/mol. The smallest absolute Gasteiger partial charge is 0.410 e. The average Bonchev–Trinajstić information content (AvgIpc) is 2.64. The van der Waals surface area contributed by atoms with Gasteiger partial charge in [0.15, 0.2) is 0 Å². The van der Waals surface area contributed by atoms with Gasteiger partial charge in [-0.05, 0) is 58.2 Å². The van der Waals surface area contributed by atoms with Crippen LogP contribution in [0.15, 0.2) is 24.3 Å². The minimum Gasteiger partial charge on any atom is -0.444 e. The zero-order valence-electron chi connectivity index (χ0n) is 18.3. The molecule has 1 heterocycles. The second-order valence-corrected chi connectivity index (χ2v) is 9.22. The molecule has 2 atom stereocenters. The highest BCUT2D eigenvalue weighted by Crippen LogP contribution is 2.21. The summed E-state index contributed by atoms with van der Waals surface area (Å²) >= 11 is 6.22. The number of nitrogens with zero attached hydrogens (tertiary/aromatic N) is 1. The molecule has 2 unspecified atom stereocenters. The molecule has 1 aromatic carbocycles. The molecule has 29 heavy (non-hydrogen) atoms. The number of hydrogen-bond acceptors (Lipinski definition) is 5. The fourth-order valence-corrected chi connectivity index (χ4v) is 3.66. The normalized spacial score (nSPS) is 17.8. The van der Waals surface area contributed by atoms with E-state index in [9.17, 15) is 4.79 Å². The van der Waals surface area contributed by atoms with E-state index in [0.717, 1.165) is 30.0 Å². The maximum absolute atomic E-state index is 12.3. The van der Waals surface area contributed by atoms with Gasteiger partial charge in [-0.15, -0.1) is 0 Å². The van der Waals surface area contributed by atoms with E-state index in [0.29, 0.717) is 25.7 Å². The summed E-state index contributed by atoms with van der Waals surface area (Å²) in [6.45, 7) is 10.6. The number of benzene rings is 1. The number of ether oxygens (including phenoxy) is 2. The Morgan fingerprint density at radius 2 is 2.00 bits per heavy atom. The van der Waals surface area contributed by atoms with Gasteiger partial charge in [0.1, 0.15) is 5.60 Å². The van der Waals surface area contributed by atoms with Gasteiger partial charge in [-0.1, -0.05) is 23.7 Å². The zero-order chi connectivity index (χ0) is 21.4. The predicted molar refractivity (Wildman–Crippen MR) is 117 cm³/mol. The van der Waals surface area contributed by atoms with Crippen LogP contribution in [0.5, 0.6) is 0 Å². The van der Waals surface area contributed by atoms with Gasteiger partial charge in [-0.2, -0.15) is 0 Å². The molecule has 0 aliphatic carbocycles. The van der Waals surface area contributed by atoms with Crippen LogP contribution in [0.25, 0.3) is 0 Å². The molecule has 1 amide bonds. The molecule has 0 bridgehead atoms. The van der Waals surface area contributed by atoms with Gasteiger partial charge in [0, 0.05) is 49.9 Å². The van der Waals surface area contributed by atoms with E-state index in [-0.39, 0.29) is 18.2 Å². The molecule has 0 saturated carbocycles. The van der Waals surface area contributed by atoms with Crippen molar-refractivity contribution in [3.8, 4) is 0 Å². The van der Waals surface area contributed by atoms with Crippen LogP contribution in [0, 0.1) is 0 Å². The number of methoxy groups -OCH3 is 1. The predicted octanol–water partition coefficient (Wildman–Crippen LogP) is 3.99. The Bertz CT molecular complexity index is 642. The first-order valence-electron chi connectivity index (χ1n) is 10.4. The molecule has 2 rings (SSSR count). The second-order valence-electron chi connectivity index (χ2n) is 8.78. The first kappa shape index (κ1) is 23.9. The van der Waals surface area contributed by atoms with Crippen molar-refractivity contribution >= 4 is 17.7 Å². The van der Waals surface area contributed by atoms with Crippen molar-refractivity contribution in [2.24, 2.45) is 0 Å². The Morgan fingerprint density at radius 1 is 1.31 bits per heavy atom. The van der Waals surface area contributed by atoms with Crippen molar-refractivity contribution in [1.82, 2.24) is 15.5 Å². The third kappa shape index (κ3) is 8.51. The molecule has 0 spiro atoms. The minimum absolute atomic E-state index is 0.131. The van der Waals surface area contributed by atoms with Gasteiger partial charge >= 0.3 is 6.09 Å². The number of halogens is 1. The van der Waals surface area contributed by atoms with E-state index in [1.807, 2.05) is 39.0 Å². The fraction of sp³-hybridized carbons (Fsp3) is 0.682. The Labute approximate surface area is 180 Å². The summed E-state index contributed by atoms with van der Waals surface area (Å²) in [5.74, 6) is 0. The highest BCUT2D eigenvalue weighted by atomic mass is 35.5. The lowest BCUT2D eigenvalue weighted by molar-refractivity contribution is 0.0195. The molecular weight excluding hydrogens is 390 g/mol. The summed E-state index contributed by atoms with van der Waals surface area (Å²) in [4.78, 5) is 14.1. The van der Waals surface area contributed by atoms with Crippen LogP contribution in [0.2, 0.25) is 5.02 Å². The number of carbonyl (C=O) groups is 1. The third-order valence-electron chi connectivity index (χ3n) is 4.92. The van der Waals surface area contributed by atoms with Crippen molar-refractivity contribution in [3.63, 3.8) is 0 Å². The van der Waals surface area contributed by atoms with E-state index in [1.54, 1.807) is 12.0 Å². The second kappa shape index (κ2) is 11.2. The maximum atomic E-state index is 12.3. The van der Waals surface area contributed by atoms with Crippen LogP contribution >= 0.6 is 11.6 Å². The highest BCUT2D eigenvalue weighted by molar-refractivity contribution is 6.30. The summed E-state index contributed by atoms with van der Waals surface area (Å²) in [7, 11) is 1.71. The largest absolute Gasteiger partial charge is 0.444 e. The number of carbonyl (C=O) groups excluding carboxylic acids is 1. The minimum atomic E-state index is -0.464. The summed E-state index contributed by atoms with van der Waals surface area (Å²) in [6, 6.07) is 8.71. The van der Waals surface area contributed by atoms with E-state index >= 15 is 0 Å². The SMILES string of the molecule is COCC(C)NCC(NC1CCN(C(=O)OC(C)(C)C)CC1)c1cccc(Cl)c1. The first-order chi connectivity index (χ1) is 13.7. The number of piperidine rings is 1. The molecule has 1 saturated heterocycles. The van der Waals surface area contributed by atoms with Crippen LogP contribution < -0.4 is 10.6 Å². The summed E-state index contributed by atoms with van der Waals surface area (Å²) < 4.78 is 10.7. The van der Waals surface area contributed by atoms with Crippen molar-refractivity contribution in [2.45, 2.75) is 64.3 Å². The topological polar surface area (TPSA) is 62.8 Å². The monoisotopic (exact) mass is 425 g/mol. The number of amides is 1. The molecule has 1 aliphatic rings. The number of hydrogen-bond donors (Lipinski definition) is 2. The number of nitrogens with one attached hydrogen (secondary N) is 2. The van der Waals surface area contributed by atoms with Crippen molar-refractivity contribution in [2.75, 3.05) is 33.4 Å². The fourth-order valence-electron chi connectivity index (χ4n) is 3.46. The molecule has 7 heteroatoms. The van der Waals surface area contributed by atoms with Crippen LogP contribution in [-0.4, -0.2) is 62.0 Å². The molecule has 0 radical (unpaired) electrons. The molecule has 0 aromatic heterocycles. The maximum Gasteiger partial charge on any atom is 0.410 e. The van der Waals surface area contributed by atoms with Gasteiger partial charge in [0.05, 0.1) is 6.61 Å². The summed E-state index contributed by atoms with van der Waals surface area (Å²) in [5.41, 5.74) is 0.693. The van der Waals surface area contributed by atoms with Crippen LogP contribution in [0.4, 0.5) is 4.79 Å². The Kier molecular flexibility index (Phi) is 9.21. The molecule has 164 valence electrons. The lowest BCUT2D eigenvalue weighted by Crippen LogP contribution is -2.48. The van der Waals surface area contributed by atoms with Gasteiger partial charge < -0.3 is 25.0 Å². The highest BCUT2D eigenvalue weighted by Gasteiger charge is 2.28. The Morgan fingerprint density at radius 3 is 2.59 bits per heavy atom. The van der Waals surface area contributed by atoms with Gasteiger partial charge in [-0.3, -0.25) is 0 Å². The Hall–Kier alpha value is -1.34. The van der Waals surface area contributed by atoms with Crippen LogP contribution in [-0.2, 0) is 9.47 Å². The van der Waals surface area contributed by atoms with Crippen LogP contribution in [0.3, 0.4) is 0 Å². The van der Waals surface area contributed by atoms with E-state index in [2.05, 4.69) is 23.6 Å². The third-order valence-corrected chi connectivity index (χ3v) is 5.16. The number of likely N-dealkylation sites (tertiary alicyclic amines) is 1. The summed E-state index contributed by atoms with van der Waals surface area (Å²) in [5, 5.41) is 8.03. The van der Waals surface area contributed by atoms with Gasteiger partial charge in [0.25, 0.3) is 0 Å². The first-order valence-corrected chi connectivity index (χ1v) is 10.8. The zero-order valence-corrected chi connectivity index (χ0v) is 19.1. The van der Waals surface area contributed by atoms with Crippen molar-refractivity contribution in [3.05, 3.63) is 34.9 Å². The quantitative estimate of drug-likeness (QED) is 0.659. The van der Waals surface area contributed by atoms with Gasteiger partial charge in [0.2, 0.25) is 0 Å². The molecule has 1 aliphatic heterocycles. The van der Waals surface area contributed by atoms with Crippen LogP contribution in [0.1, 0.15) is 52.1 Å². The van der Waals surface area contributed by atoms with Gasteiger partial charge in [-0.25, -0.2) is 4.79 Å². The lowest BCUT2D eigenvalue weighted by Gasteiger charge is -2.36.